The van der Waals surface area contributed by atoms with Gasteiger partial charge in [0.05, 0.1) is 0 Å². The van der Waals surface area contributed by atoms with Gasteiger partial charge in [-0.15, -0.1) is 0 Å². The van der Waals surface area contributed by atoms with E-state index in [1.807, 2.05) is 0 Å². The molecule has 1 N–H and O–H groups in total. The minimum Gasteiger partial charge on any atom is -0.355 e. The molecule has 0 radical (unpaired) electrons. The molecule has 1 heterocycles. The summed E-state index contributed by atoms with van der Waals surface area (Å²) in [5, 5.41) is 3.15. The molecule has 0 bridgehead atoms. The number of nitrogens with one attached hydrogen (secondary N) is 1. The van der Waals surface area contributed by atoms with Crippen molar-refractivity contribution in [3.63, 3.8) is 0 Å². The van der Waals surface area contributed by atoms with Gasteiger partial charge in [-0.05, 0) is 68.7 Å². The molecule has 0 saturated heterocycles. The molecule has 0 spiro atoms. The standard InChI is InChI=1S/C20H32N2O/c1-19-11-9-16-14(15(19)6-7-17(19)21-13-23)5-8-18-20(16,2)10-4-12-22(18)3/h4,10,13-18H,5-9,11-12H2,1-3H3,(H,21,23)/t14-,15-,16-,17-,18+,19-,20+/m0/s1. The van der Waals surface area contributed by atoms with Crippen LogP contribution in [0.1, 0.15) is 52.4 Å². The number of hydrogen-bond acceptors (Lipinski definition) is 2. The quantitative estimate of drug-likeness (QED) is 0.627. The van der Waals surface area contributed by atoms with Crippen molar-refractivity contribution in [2.45, 2.75) is 64.5 Å². The van der Waals surface area contributed by atoms with Crippen LogP contribution in [0.15, 0.2) is 12.2 Å². The normalized spacial score (nSPS) is 52.4. The molecule has 23 heavy (non-hydrogen) atoms. The van der Waals surface area contributed by atoms with Crippen LogP contribution in [0.25, 0.3) is 0 Å². The molecule has 3 heteroatoms. The summed E-state index contributed by atoms with van der Waals surface area (Å²) < 4.78 is 0. The molecule has 3 saturated carbocycles. The largest absolute Gasteiger partial charge is 0.355 e. The summed E-state index contributed by atoms with van der Waals surface area (Å²) in [7, 11) is 2.30. The lowest BCUT2D eigenvalue weighted by molar-refractivity contribution is -0.112. The van der Waals surface area contributed by atoms with Crippen molar-refractivity contribution in [3.05, 3.63) is 12.2 Å². The minimum atomic E-state index is 0.329. The van der Waals surface area contributed by atoms with E-state index in [0.29, 0.717) is 16.9 Å². The second-order valence-corrected chi connectivity index (χ2v) is 9.14. The highest BCUT2D eigenvalue weighted by atomic mass is 16.1. The van der Waals surface area contributed by atoms with Crippen LogP contribution in [0.4, 0.5) is 0 Å². The number of carbonyl (C=O) groups is 1. The molecule has 3 fully saturated rings. The molecule has 3 nitrogen and oxygen atoms in total. The molecule has 7 atom stereocenters. The van der Waals surface area contributed by atoms with Crippen LogP contribution < -0.4 is 5.32 Å². The van der Waals surface area contributed by atoms with Gasteiger partial charge in [0.2, 0.25) is 6.41 Å². The maximum atomic E-state index is 11.0. The maximum absolute atomic E-state index is 11.0. The number of fused-ring (bicyclic) bond motifs is 5. The smallest absolute Gasteiger partial charge is 0.207 e. The van der Waals surface area contributed by atoms with Crippen LogP contribution in [0.2, 0.25) is 0 Å². The Labute approximate surface area is 140 Å². The predicted octanol–water partition coefficient (Wildman–Crippen LogP) is 3.21. The van der Waals surface area contributed by atoms with Crippen LogP contribution in [0.5, 0.6) is 0 Å². The zero-order chi connectivity index (χ0) is 16.2. The molecule has 3 aliphatic carbocycles. The van der Waals surface area contributed by atoms with E-state index in [9.17, 15) is 4.79 Å². The highest BCUT2D eigenvalue weighted by Gasteiger charge is 2.59. The van der Waals surface area contributed by atoms with Crippen LogP contribution in [0, 0.1) is 28.6 Å². The third-order valence-electron chi connectivity index (χ3n) is 8.40. The van der Waals surface area contributed by atoms with Crippen molar-refractivity contribution in [2.75, 3.05) is 13.6 Å². The Kier molecular flexibility index (Phi) is 3.64. The number of nitrogens with zero attached hydrogens (tertiary/aromatic N) is 1. The third-order valence-corrected chi connectivity index (χ3v) is 8.40. The van der Waals surface area contributed by atoms with E-state index in [0.717, 1.165) is 36.8 Å². The van der Waals surface area contributed by atoms with Gasteiger partial charge in [-0.3, -0.25) is 9.69 Å². The van der Waals surface area contributed by atoms with E-state index in [-0.39, 0.29) is 0 Å². The topological polar surface area (TPSA) is 32.3 Å². The van der Waals surface area contributed by atoms with E-state index in [4.69, 9.17) is 0 Å². The second-order valence-electron chi connectivity index (χ2n) is 9.14. The maximum Gasteiger partial charge on any atom is 0.207 e. The lowest BCUT2D eigenvalue weighted by atomic mass is 9.48. The van der Waals surface area contributed by atoms with Gasteiger partial charge in [-0.2, -0.15) is 0 Å². The van der Waals surface area contributed by atoms with Crippen LogP contribution in [-0.4, -0.2) is 37.0 Å². The first-order valence-corrected chi connectivity index (χ1v) is 9.58. The van der Waals surface area contributed by atoms with Crippen molar-refractivity contribution in [2.24, 2.45) is 28.6 Å². The summed E-state index contributed by atoms with van der Waals surface area (Å²) in [6.07, 6.45) is 13.7. The first-order valence-electron chi connectivity index (χ1n) is 9.58. The van der Waals surface area contributed by atoms with Crippen molar-refractivity contribution in [3.8, 4) is 0 Å². The van der Waals surface area contributed by atoms with E-state index in [1.54, 1.807) is 0 Å². The summed E-state index contributed by atoms with van der Waals surface area (Å²) in [5.41, 5.74) is 0.684. The van der Waals surface area contributed by atoms with Gasteiger partial charge in [0.15, 0.2) is 0 Å². The molecule has 4 aliphatic rings. The summed E-state index contributed by atoms with van der Waals surface area (Å²) in [6, 6.07) is 1.13. The Balaban J connectivity index is 1.64. The monoisotopic (exact) mass is 316 g/mol. The van der Waals surface area contributed by atoms with Crippen LogP contribution >= 0.6 is 0 Å². The van der Waals surface area contributed by atoms with Gasteiger partial charge in [-0.25, -0.2) is 0 Å². The first kappa shape index (κ1) is 15.7. The Morgan fingerprint density at radius 1 is 1.13 bits per heavy atom. The van der Waals surface area contributed by atoms with Gasteiger partial charge in [-0.1, -0.05) is 26.0 Å². The molecular weight excluding hydrogens is 284 g/mol. The molecule has 4 rings (SSSR count). The van der Waals surface area contributed by atoms with E-state index >= 15 is 0 Å². The van der Waals surface area contributed by atoms with Crippen LogP contribution in [-0.2, 0) is 4.79 Å². The average molecular weight is 316 g/mol. The summed E-state index contributed by atoms with van der Waals surface area (Å²) in [6.45, 7) is 6.10. The fourth-order valence-corrected chi connectivity index (χ4v) is 7.26. The van der Waals surface area contributed by atoms with E-state index in [2.05, 4.69) is 43.3 Å². The zero-order valence-electron chi connectivity index (χ0n) is 14.9. The van der Waals surface area contributed by atoms with Crippen molar-refractivity contribution < 1.29 is 4.79 Å². The van der Waals surface area contributed by atoms with Gasteiger partial charge >= 0.3 is 0 Å². The van der Waals surface area contributed by atoms with E-state index in [1.165, 1.54) is 38.5 Å². The third kappa shape index (κ3) is 2.08. The Morgan fingerprint density at radius 2 is 1.96 bits per heavy atom. The molecule has 128 valence electrons. The zero-order valence-corrected chi connectivity index (χ0v) is 14.9. The SMILES string of the molecule is CN1CC=C[C@]2(C)[C@H]3CC[C@]4(C)[C@@H](NC=O)CC[C@H]4[C@@H]3CC[C@@H]12. The Bertz CT molecular complexity index is 518. The first-order chi connectivity index (χ1) is 11.0. The van der Waals surface area contributed by atoms with E-state index < -0.39 is 0 Å². The number of likely N-dealkylation sites (N-methyl/N-ethyl adjacent to an activating group) is 1. The molecule has 0 aromatic heterocycles. The summed E-state index contributed by atoms with van der Waals surface area (Å²) in [4.78, 5) is 13.6. The van der Waals surface area contributed by atoms with Gasteiger partial charge < -0.3 is 5.32 Å². The highest BCUT2D eigenvalue weighted by molar-refractivity contribution is 5.47. The molecular formula is C20H32N2O. The van der Waals surface area contributed by atoms with Crippen molar-refractivity contribution in [1.82, 2.24) is 10.2 Å². The number of amides is 1. The van der Waals surface area contributed by atoms with Crippen molar-refractivity contribution >= 4 is 6.41 Å². The lowest BCUT2D eigenvalue weighted by Gasteiger charge is -2.60. The lowest BCUT2D eigenvalue weighted by Crippen LogP contribution is -2.59. The van der Waals surface area contributed by atoms with Gasteiger partial charge in [0.1, 0.15) is 0 Å². The average Bonchev–Trinajstić information content (AvgIpc) is 2.84. The Hall–Kier alpha value is -0.830. The number of hydrogen-bond donors (Lipinski definition) is 1. The Morgan fingerprint density at radius 3 is 2.74 bits per heavy atom. The summed E-state index contributed by atoms with van der Waals surface area (Å²) >= 11 is 0. The second kappa shape index (κ2) is 5.34. The molecule has 0 unspecified atom stereocenters. The molecule has 1 amide bonds. The number of carbonyl (C=O) groups excluding carboxylic acids is 1. The van der Waals surface area contributed by atoms with Crippen LogP contribution in [0.3, 0.4) is 0 Å². The predicted molar refractivity (Wildman–Crippen MR) is 92.9 cm³/mol. The molecule has 1 aliphatic heterocycles. The number of rotatable bonds is 2. The molecule has 0 aromatic rings. The highest BCUT2D eigenvalue weighted by Crippen LogP contribution is 2.63. The van der Waals surface area contributed by atoms with Crippen molar-refractivity contribution in [1.29, 1.82) is 0 Å². The summed E-state index contributed by atoms with van der Waals surface area (Å²) in [5.74, 6) is 2.48. The fraction of sp³-hybridized carbons (Fsp3) is 0.850. The van der Waals surface area contributed by atoms with Gasteiger partial charge in [0, 0.05) is 24.0 Å². The minimum absolute atomic E-state index is 0.329. The molecule has 0 aromatic carbocycles. The fourth-order valence-electron chi connectivity index (χ4n) is 7.26. The van der Waals surface area contributed by atoms with Gasteiger partial charge in [0.25, 0.3) is 0 Å².